The average molecular weight is 427 g/mol. The van der Waals surface area contributed by atoms with Gasteiger partial charge in [-0.05, 0) is 24.3 Å². The Morgan fingerprint density at radius 1 is 1.23 bits per heavy atom. The molecule has 11 heteroatoms. The van der Waals surface area contributed by atoms with Crippen molar-refractivity contribution >= 4 is 35.1 Å². The van der Waals surface area contributed by atoms with Gasteiger partial charge in [0.1, 0.15) is 18.1 Å². The Kier molecular flexibility index (Phi) is 5.53. The summed E-state index contributed by atoms with van der Waals surface area (Å²) in [4.78, 5) is 35.3. The number of nitrogens with zero attached hydrogens (tertiary/aromatic N) is 3. The van der Waals surface area contributed by atoms with Gasteiger partial charge < -0.3 is 15.1 Å². The number of nitro groups is 1. The molecule has 0 bridgehead atoms. The van der Waals surface area contributed by atoms with Crippen LogP contribution in [0.2, 0.25) is 0 Å². The fourth-order valence-corrected chi connectivity index (χ4v) is 4.06. The van der Waals surface area contributed by atoms with Gasteiger partial charge >= 0.3 is 0 Å². The minimum Gasteiger partial charge on any atom is -0.467 e. The second-order valence-corrected chi connectivity index (χ2v) is 7.52. The van der Waals surface area contributed by atoms with Crippen LogP contribution in [0.25, 0.3) is 0 Å². The van der Waals surface area contributed by atoms with Crippen molar-refractivity contribution in [3.63, 3.8) is 0 Å². The number of non-ortho nitro benzene ring substituents is 1. The van der Waals surface area contributed by atoms with Crippen molar-refractivity contribution in [2.45, 2.75) is 24.6 Å². The summed E-state index contributed by atoms with van der Waals surface area (Å²) in [6.07, 6.45) is 1.53. The lowest BCUT2D eigenvalue weighted by molar-refractivity contribution is -0.384. The molecular weight excluding hydrogens is 410 g/mol. The number of rotatable bonds is 7. The van der Waals surface area contributed by atoms with E-state index in [1.54, 1.807) is 23.9 Å². The molecule has 1 aliphatic rings. The molecule has 0 saturated carbocycles. The third-order valence-corrected chi connectivity index (χ3v) is 5.49. The lowest BCUT2D eigenvalue weighted by Crippen LogP contribution is -2.28. The monoisotopic (exact) mass is 427 g/mol. The van der Waals surface area contributed by atoms with Crippen molar-refractivity contribution < 1.29 is 18.9 Å². The molecule has 0 spiro atoms. The van der Waals surface area contributed by atoms with Crippen LogP contribution in [0.4, 0.5) is 11.5 Å². The average Bonchev–Trinajstić information content (AvgIpc) is 3.46. The van der Waals surface area contributed by atoms with Crippen molar-refractivity contribution in [1.29, 1.82) is 0 Å². The normalized spacial score (nSPS) is 12.4. The molecule has 154 valence electrons. The maximum atomic E-state index is 12.7. The predicted octanol–water partition coefficient (Wildman–Crippen LogP) is 2.70. The molecule has 0 radical (unpaired) electrons. The highest BCUT2D eigenvalue weighted by molar-refractivity contribution is 7.98. The maximum Gasteiger partial charge on any atom is 0.269 e. The first-order valence-corrected chi connectivity index (χ1v) is 10.2. The number of benzene rings is 1. The van der Waals surface area contributed by atoms with E-state index in [1.807, 2.05) is 0 Å². The molecule has 2 aromatic heterocycles. The lowest BCUT2D eigenvalue weighted by atomic mass is 10.2. The van der Waals surface area contributed by atoms with Crippen LogP contribution in [-0.4, -0.2) is 26.5 Å². The van der Waals surface area contributed by atoms with Crippen LogP contribution in [0.1, 0.15) is 27.4 Å². The van der Waals surface area contributed by atoms with E-state index >= 15 is 0 Å². The van der Waals surface area contributed by atoms with E-state index in [9.17, 15) is 19.7 Å². The summed E-state index contributed by atoms with van der Waals surface area (Å²) in [5.41, 5.74) is 1.89. The molecule has 4 rings (SSSR count). The number of fused-ring (bicyclic) bond motifs is 1. The second kappa shape index (κ2) is 8.41. The molecule has 30 heavy (non-hydrogen) atoms. The zero-order chi connectivity index (χ0) is 21.1. The molecule has 0 unspecified atom stereocenters. The summed E-state index contributed by atoms with van der Waals surface area (Å²) >= 11 is 1.67. The number of nitrogens with one attached hydrogen (secondary N) is 2. The van der Waals surface area contributed by atoms with Crippen molar-refractivity contribution in [1.82, 2.24) is 15.1 Å². The highest BCUT2D eigenvalue weighted by atomic mass is 32.2. The molecule has 0 saturated heterocycles. The molecule has 0 aliphatic carbocycles. The molecule has 1 aromatic carbocycles. The molecule has 1 aliphatic heterocycles. The molecule has 2 amide bonds. The number of thioether (sulfide) groups is 1. The third-order valence-electron chi connectivity index (χ3n) is 4.52. The van der Waals surface area contributed by atoms with Gasteiger partial charge in [-0.1, -0.05) is 0 Å². The van der Waals surface area contributed by atoms with E-state index in [1.165, 1.54) is 35.2 Å². The van der Waals surface area contributed by atoms with Gasteiger partial charge in [0, 0.05) is 34.8 Å². The van der Waals surface area contributed by atoms with Crippen LogP contribution in [0.3, 0.4) is 0 Å². The standard InChI is InChI=1S/C19H17N5O5S/c25-17(20-8-14-2-1-7-29-14)9-23-18(15-10-30-11-16(15)22-23)21-19(26)12-3-5-13(6-4-12)24(27)28/h1-7H,8-11H2,(H,20,25)(H,21,26). The van der Waals surface area contributed by atoms with Crippen LogP contribution in [-0.2, 0) is 29.4 Å². The summed E-state index contributed by atoms with van der Waals surface area (Å²) in [6, 6.07) is 8.82. The Labute approximate surface area is 174 Å². The van der Waals surface area contributed by atoms with Crippen molar-refractivity contribution in [2.24, 2.45) is 0 Å². The van der Waals surface area contributed by atoms with E-state index in [-0.39, 0.29) is 30.2 Å². The van der Waals surface area contributed by atoms with E-state index in [4.69, 9.17) is 4.42 Å². The van der Waals surface area contributed by atoms with Gasteiger partial charge in [0.2, 0.25) is 5.91 Å². The fraction of sp³-hybridized carbons (Fsp3) is 0.211. The smallest absolute Gasteiger partial charge is 0.269 e. The Hall–Kier alpha value is -3.60. The molecule has 0 atom stereocenters. The number of hydrogen-bond donors (Lipinski definition) is 2. The number of nitro benzene ring substituents is 1. The van der Waals surface area contributed by atoms with Gasteiger partial charge in [-0.2, -0.15) is 16.9 Å². The SMILES string of the molecule is O=C(Cn1nc2c(c1NC(=O)c1ccc([N+](=O)[O-])cc1)CSC2)NCc1ccco1. The Morgan fingerprint density at radius 3 is 2.73 bits per heavy atom. The quantitative estimate of drug-likeness (QED) is 0.437. The first-order valence-electron chi connectivity index (χ1n) is 9.02. The highest BCUT2D eigenvalue weighted by Gasteiger charge is 2.25. The summed E-state index contributed by atoms with van der Waals surface area (Å²) in [5.74, 6) is 1.78. The van der Waals surface area contributed by atoms with Gasteiger partial charge in [0.15, 0.2) is 0 Å². The highest BCUT2D eigenvalue weighted by Crippen LogP contribution is 2.34. The number of anilines is 1. The molecular formula is C19H17N5O5S. The van der Waals surface area contributed by atoms with Crippen LogP contribution in [0.5, 0.6) is 0 Å². The van der Waals surface area contributed by atoms with Crippen LogP contribution < -0.4 is 10.6 Å². The van der Waals surface area contributed by atoms with E-state index in [0.29, 0.717) is 23.1 Å². The van der Waals surface area contributed by atoms with Crippen molar-refractivity contribution in [3.8, 4) is 0 Å². The maximum absolute atomic E-state index is 12.7. The first-order chi connectivity index (χ1) is 14.5. The second-order valence-electron chi connectivity index (χ2n) is 6.54. The number of aromatic nitrogens is 2. The van der Waals surface area contributed by atoms with Gasteiger partial charge in [0.05, 0.1) is 23.4 Å². The molecule has 3 heterocycles. The van der Waals surface area contributed by atoms with Crippen LogP contribution >= 0.6 is 11.8 Å². The van der Waals surface area contributed by atoms with Gasteiger partial charge in [-0.25, -0.2) is 4.68 Å². The fourth-order valence-electron chi connectivity index (χ4n) is 3.03. The van der Waals surface area contributed by atoms with Gasteiger partial charge in [-0.3, -0.25) is 19.7 Å². The first kappa shape index (κ1) is 19.7. The summed E-state index contributed by atoms with van der Waals surface area (Å²) in [5, 5.41) is 20.8. The Balaban J connectivity index is 1.48. The number of amides is 2. The minimum absolute atomic E-state index is 0.0613. The predicted molar refractivity (Wildman–Crippen MR) is 109 cm³/mol. The zero-order valence-corrected chi connectivity index (χ0v) is 16.5. The summed E-state index contributed by atoms with van der Waals surface area (Å²) in [6.45, 7) is 0.196. The summed E-state index contributed by atoms with van der Waals surface area (Å²) in [7, 11) is 0. The minimum atomic E-state index is -0.526. The molecule has 2 N–H and O–H groups in total. The molecule has 10 nitrogen and oxygen atoms in total. The largest absolute Gasteiger partial charge is 0.467 e. The van der Waals surface area contributed by atoms with Crippen molar-refractivity contribution in [3.05, 3.63) is 75.4 Å². The van der Waals surface area contributed by atoms with E-state index in [0.717, 1.165) is 11.3 Å². The van der Waals surface area contributed by atoms with Gasteiger partial charge in [-0.15, -0.1) is 0 Å². The Morgan fingerprint density at radius 2 is 2.03 bits per heavy atom. The molecule has 3 aromatic rings. The van der Waals surface area contributed by atoms with Crippen LogP contribution in [0.15, 0.2) is 47.1 Å². The molecule has 0 fully saturated rings. The number of carbonyl (C=O) groups is 2. The zero-order valence-electron chi connectivity index (χ0n) is 15.7. The van der Waals surface area contributed by atoms with E-state index < -0.39 is 10.8 Å². The number of furan rings is 1. The number of carbonyl (C=O) groups excluding carboxylic acids is 2. The topological polar surface area (TPSA) is 132 Å². The third kappa shape index (κ3) is 4.20. The van der Waals surface area contributed by atoms with Crippen LogP contribution in [0, 0.1) is 10.1 Å². The summed E-state index contributed by atoms with van der Waals surface area (Å²) < 4.78 is 6.67. The van der Waals surface area contributed by atoms with E-state index in [2.05, 4.69) is 15.7 Å². The van der Waals surface area contributed by atoms with Crippen molar-refractivity contribution in [2.75, 3.05) is 5.32 Å². The Bertz CT molecular complexity index is 1090. The lowest BCUT2D eigenvalue weighted by Gasteiger charge is -2.11. The number of hydrogen-bond acceptors (Lipinski definition) is 7. The van der Waals surface area contributed by atoms with Gasteiger partial charge in [0.25, 0.3) is 11.6 Å².